The molecule has 1 aliphatic rings. The van der Waals surface area contributed by atoms with E-state index in [1.54, 1.807) is 6.07 Å². The highest BCUT2D eigenvalue weighted by Crippen LogP contribution is 2.20. The van der Waals surface area contributed by atoms with Gasteiger partial charge in [-0.1, -0.05) is 11.6 Å². The molecule has 0 radical (unpaired) electrons. The van der Waals surface area contributed by atoms with E-state index in [4.69, 9.17) is 11.6 Å². The van der Waals surface area contributed by atoms with Gasteiger partial charge in [0.25, 0.3) is 0 Å². The first-order valence-electron chi connectivity index (χ1n) is 6.48. The van der Waals surface area contributed by atoms with E-state index in [2.05, 4.69) is 17.3 Å². The van der Waals surface area contributed by atoms with Gasteiger partial charge in [-0.25, -0.2) is 4.39 Å². The van der Waals surface area contributed by atoms with Crippen LogP contribution in [-0.2, 0) is 6.54 Å². The van der Waals surface area contributed by atoms with Gasteiger partial charge >= 0.3 is 0 Å². The van der Waals surface area contributed by atoms with Crippen LogP contribution in [0.2, 0.25) is 5.02 Å². The van der Waals surface area contributed by atoms with E-state index in [1.165, 1.54) is 25.0 Å². The summed E-state index contributed by atoms with van der Waals surface area (Å²) in [5.41, 5.74) is 0.869. The minimum absolute atomic E-state index is 0.218. The van der Waals surface area contributed by atoms with Crippen molar-refractivity contribution >= 4 is 11.6 Å². The molecule has 100 valence electrons. The molecule has 1 aromatic carbocycles. The van der Waals surface area contributed by atoms with Crippen molar-refractivity contribution in [2.45, 2.75) is 19.4 Å². The van der Waals surface area contributed by atoms with Crippen LogP contribution in [-0.4, -0.2) is 31.6 Å². The van der Waals surface area contributed by atoms with Gasteiger partial charge < -0.3 is 10.2 Å². The zero-order valence-electron chi connectivity index (χ0n) is 10.8. The molecular formula is C14H20ClFN2. The van der Waals surface area contributed by atoms with Crippen molar-refractivity contribution in [1.29, 1.82) is 0 Å². The maximum atomic E-state index is 13.2. The van der Waals surface area contributed by atoms with E-state index >= 15 is 0 Å². The van der Waals surface area contributed by atoms with Crippen molar-refractivity contribution in [2.24, 2.45) is 5.92 Å². The Hall–Kier alpha value is -0.640. The second-order valence-electron chi connectivity index (χ2n) is 5.13. The third-order valence-corrected chi connectivity index (χ3v) is 3.85. The monoisotopic (exact) mass is 270 g/mol. The van der Waals surface area contributed by atoms with Crippen LogP contribution < -0.4 is 5.32 Å². The van der Waals surface area contributed by atoms with Crippen molar-refractivity contribution in [2.75, 3.05) is 26.7 Å². The lowest BCUT2D eigenvalue weighted by Gasteiger charge is -2.27. The number of rotatable bonds is 4. The summed E-state index contributed by atoms with van der Waals surface area (Å²) < 4.78 is 13.2. The van der Waals surface area contributed by atoms with Gasteiger partial charge in [-0.05, 0) is 62.7 Å². The Kier molecular flexibility index (Phi) is 4.98. The molecule has 0 bridgehead atoms. The Labute approximate surface area is 113 Å². The van der Waals surface area contributed by atoms with Crippen LogP contribution in [0.3, 0.4) is 0 Å². The lowest BCUT2D eigenvalue weighted by atomic mass is 9.97. The normalized spacial score (nSPS) is 17.3. The highest BCUT2D eigenvalue weighted by molar-refractivity contribution is 6.31. The van der Waals surface area contributed by atoms with E-state index in [0.29, 0.717) is 11.6 Å². The second-order valence-corrected chi connectivity index (χ2v) is 5.53. The highest BCUT2D eigenvalue weighted by Gasteiger charge is 2.15. The smallest absolute Gasteiger partial charge is 0.123 e. The van der Waals surface area contributed by atoms with Gasteiger partial charge in [0.15, 0.2) is 0 Å². The number of hydrogen-bond acceptors (Lipinski definition) is 2. The van der Waals surface area contributed by atoms with Crippen molar-refractivity contribution in [3.05, 3.63) is 34.6 Å². The maximum absolute atomic E-state index is 13.2. The molecule has 1 aromatic rings. The molecule has 1 heterocycles. The summed E-state index contributed by atoms with van der Waals surface area (Å²) >= 11 is 6.08. The Balaban J connectivity index is 1.89. The molecule has 0 atom stereocenters. The molecule has 0 amide bonds. The summed E-state index contributed by atoms with van der Waals surface area (Å²) in [6, 6.07) is 4.56. The largest absolute Gasteiger partial charge is 0.317 e. The summed E-state index contributed by atoms with van der Waals surface area (Å²) in [6.45, 7) is 3.98. The molecule has 1 saturated heterocycles. The average Bonchev–Trinajstić information content (AvgIpc) is 2.35. The van der Waals surface area contributed by atoms with Crippen molar-refractivity contribution in [1.82, 2.24) is 10.2 Å². The van der Waals surface area contributed by atoms with Gasteiger partial charge in [0.1, 0.15) is 5.82 Å². The van der Waals surface area contributed by atoms with E-state index in [0.717, 1.165) is 31.1 Å². The van der Waals surface area contributed by atoms with Crippen LogP contribution in [0.4, 0.5) is 4.39 Å². The van der Waals surface area contributed by atoms with Crippen LogP contribution >= 0.6 is 11.6 Å². The number of benzene rings is 1. The molecule has 1 aliphatic heterocycles. The summed E-state index contributed by atoms with van der Waals surface area (Å²) in [5.74, 6) is 0.522. The van der Waals surface area contributed by atoms with E-state index in [-0.39, 0.29) is 5.82 Å². The molecule has 2 nitrogen and oxygen atoms in total. The summed E-state index contributed by atoms with van der Waals surface area (Å²) in [6.07, 6.45) is 2.45. The second kappa shape index (κ2) is 6.50. The number of nitrogens with one attached hydrogen (secondary N) is 1. The molecule has 0 saturated carbocycles. The molecule has 1 fully saturated rings. The van der Waals surface area contributed by atoms with Crippen molar-refractivity contribution in [3.8, 4) is 0 Å². The molecule has 0 aliphatic carbocycles. The predicted octanol–water partition coefficient (Wildman–Crippen LogP) is 2.91. The standard InChI is InChI=1S/C14H20ClFN2/c1-18(9-11-4-6-17-7-5-11)10-12-8-13(16)2-3-14(12)15/h2-3,8,11,17H,4-7,9-10H2,1H3. The third kappa shape index (κ3) is 3.94. The fraction of sp³-hybridized carbons (Fsp3) is 0.571. The summed E-state index contributed by atoms with van der Waals surface area (Å²) in [7, 11) is 2.07. The van der Waals surface area contributed by atoms with Crippen LogP contribution in [0.1, 0.15) is 18.4 Å². The van der Waals surface area contributed by atoms with Crippen molar-refractivity contribution in [3.63, 3.8) is 0 Å². The highest BCUT2D eigenvalue weighted by atomic mass is 35.5. The van der Waals surface area contributed by atoms with Crippen LogP contribution in [0.25, 0.3) is 0 Å². The first-order valence-corrected chi connectivity index (χ1v) is 6.86. The predicted molar refractivity (Wildman–Crippen MR) is 73.3 cm³/mol. The molecule has 4 heteroatoms. The van der Waals surface area contributed by atoms with E-state index < -0.39 is 0 Å². The summed E-state index contributed by atoms with van der Waals surface area (Å²) in [5, 5.41) is 4.01. The van der Waals surface area contributed by atoms with Crippen LogP contribution in [0.15, 0.2) is 18.2 Å². The molecule has 18 heavy (non-hydrogen) atoms. The minimum atomic E-state index is -0.218. The van der Waals surface area contributed by atoms with Crippen LogP contribution in [0.5, 0.6) is 0 Å². The Morgan fingerprint density at radius 2 is 2.11 bits per heavy atom. The molecule has 0 aromatic heterocycles. The number of piperidine rings is 1. The zero-order valence-corrected chi connectivity index (χ0v) is 11.5. The number of halogens is 2. The molecule has 0 spiro atoms. The van der Waals surface area contributed by atoms with Crippen molar-refractivity contribution < 1.29 is 4.39 Å². The molecule has 2 rings (SSSR count). The van der Waals surface area contributed by atoms with Gasteiger partial charge in [-0.3, -0.25) is 0 Å². The first-order chi connectivity index (χ1) is 8.65. The Bertz CT molecular complexity index is 391. The maximum Gasteiger partial charge on any atom is 0.123 e. The van der Waals surface area contributed by atoms with Gasteiger partial charge in [0, 0.05) is 18.1 Å². The first kappa shape index (κ1) is 13.8. The van der Waals surface area contributed by atoms with Crippen LogP contribution in [0, 0.1) is 11.7 Å². The van der Waals surface area contributed by atoms with Gasteiger partial charge in [-0.15, -0.1) is 0 Å². The lowest BCUT2D eigenvalue weighted by molar-refractivity contribution is 0.234. The zero-order chi connectivity index (χ0) is 13.0. The fourth-order valence-electron chi connectivity index (χ4n) is 2.52. The van der Waals surface area contributed by atoms with Gasteiger partial charge in [0.2, 0.25) is 0 Å². The van der Waals surface area contributed by atoms with Gasteiger partial charge in [0.05, 0.1) is 0 Å². The summed E-state index contributed by atoms with van der Waals surface area (Å²) in [4.78, 5) is 2.23. The topological polar surface area (TPSA) is 15.3 Å². The number of nitrogens with zero attached hydrogens (tertiary/aromatic N) is 1. The molecule has 1 N–H and O–H groups in total. The van der Waals surface area contributed by atoms with E-state index in [9.17, 15) is 4.39 Å². The Morgan fingerprint density at radius 1 is 1.39 bits per heavy atom. The minimum Gasteiger partial charge on any atom is -0.317 e. The number of hydrogen-bond donors (Lipinski definition) is 1. The van der Waals surface area contributed by atoms with E-state index in [1.807, 2.05) is 0 Å². The third-order valence-electron chi connectivity index (χ3n) is 3.48. The Morgan fingerprint density at radius 3 is 2.83 bits per heavy atom. The van der Waals surface area contributed by atoms with Gasteiger partial charge in [-0.2, -0.15) is 0 Å². The molecule has 0 unspecified atom stereocenters. The fourth-order valence-corrected chi connectivity index (χ4v) is 2.70. The quantitative estimate of drug-likeness (QED) is 0.905. The lowest BCUT2D eigenvalue weighted by Crippen LogP contribution is -2.34. The SMILES string of the molecule is CN(Cc1cc(F)ccc1Cl)CC1CCNCC1. The molecular weight excluding hydrogens is 251 g/mol. The average molecular weight is 271 g/mol.